The van der Waals surface area contributed by atoms with Crippen LogP contribution in [0.25, 0.3) is 0 Å². The first-order valence-electron chi connectivity index (χ1n) is 9.52. The van der Waals surface area contributed by atoms with Crippen LogP contribution in [0.15, 0.2) is 48.5 Å². The van der Waals surface area contributed by atoms with Crippen LogP contribution in [0.5, 0.6) is 5.75 Å². The zero-order valence-electron chi connectivity index (χ0n) is 16.1. The fourth-order valence-electron chi connectivity index (χ4n) is 4.26. The number of halogens is 1. The minimum Gasteiger partial charge on any atom is -0.495 e. The highest BCUT2D eigenvalue weighted by Gasteiger charge is 2.49. The quantitative estimate of drug-likeness (QED) is 0.723. The number of anilines is 1. The number of carbonyl (C=O) groups excluding carboxylic acids is 1. The molecule has 2 aromatic rings. The molecule has 0 N–H and O–H groups in total. The summed E-state index contributed by atoms with van der Waals surface area (Å²) in [4.78, 5) is 16.7. The number of hydrogen-bond acceptors (Lipinski definition) is 5. The van der Waals surface area contributed by atoms with E-state index in [0.717, 1.165) is 6.42 Å². The molecule has 0 bridgehead atoms. The lowest BCUT2D eigenvalue weighted by Gasteiger charge is -2.43. The average molecular weight is 435 g/mol. The summed E-state index contributed by atoms with van der Waals surface area (Å²) in [5.74, 6) is 0.437. The van der Waals surface area contributed by atoms with Crippen LogP contribution >= 0.6 is 11.6 Å². The van der Waals surface area contributed by atoms with Crippen LogP contribution in [0.2, 0.25) is 5.02 Å². The summed E-state index contributed by atoms with van der Waals surface area (Å²) in [6.07, 6.45) is 0.770. The summed E-state index contributed by atoms with van der Waals surface area (Å²) in [6, 6.07) is 14.5. The minimum atomic E-state index is -3.23. The molecule has 29 heavy (non-hydrogen) atoms. The van der Waals surface area contributed by atoms with Crippen molar-refractivity contribution in [2.24, 2.45) is 0 Å². The topological polar surface area (TPSA) is 66.9 Å². The number of ether oxygens (including phenoxy) is 1. The number of methoxy groups -OCH3 is 1. The summed E-state index contributed by atoms with van der Waals surface area (Å²) in [5, 5.41) is 0.390. The molecule has 2 aliphatic heterocycles. The first kappa shape index (κ1) is 20.2. The van der Waals surface area contributed by atoms with Crippen LogP contribution < -0.4 is 9.64 Å². The van der Waals surface area contributed by atoms with Crippen LogP contribution in [0.1, 0.15) is 5.56 Å². The van der Waals surface area contributed by atoms with Gasteiger partial charge in [-0.15, -0.1) is 0 Å². The highest BCUT2D eigenvalue weighted by Crippen LogP contribution is 2.35. The van der Waals surface area contributed by atoms with Crippen molar-refractivity contribution in [2.45, 2.75) is 18.5 Å². The van der Waals surface area contributed by atoms with Crippen molar-refractivity contribution >= 4 is 33.0 Å². The Kier molecular flexibility index (Phi) is 5.55. The van der Waals surface area contributed by atoms with E-state index in [1.165, 1.54) is 12.7 Å². The van der Waals surface area contributed by atoms with Crippen molar-refractivity contribution in [2.75, 3.05) is 36.6 Å². The van der Waals surface area contributed by atoms with Gasteiger partial charge in [0.1, 0.15) is 5.75 Å². The fourth-order valence-corrected chi connectivity index (χ4v) is 6.49. The number of rotatable bonds is 5. The van der Waals surface area contributed by atoms with E-state index < -0.39 is 15.9 Å². The van der Waals surface area contributed by atoms with Gasteiger partial charge in [-0.1, -0.05) is 41.9 Å². The van der Waals surface area contributed by atoms with Gasteiger partial charge in [0.05, 0.1) is 36.2 Å². The highest BCUT2D eigenvalue weighted by atomic mass is 35.5. The monoisotopic (exact) mass is 434 g/mol. The van der Waals surface area contributed by atoms with E-state index in [-0.39, 0.29) is 30.0 Å². The Hall–Kier alpha value is -2.09. The molecule has 0 saturated carbocycles. The summed E-state index contributed by atoms with van der Waals surface area (Å²) >= 11 is 6.25. The lowest BCUT2D eigenvalue weighted by Crippen LogP contribution is -2.62. The molecule has 2 fully saturated rings. The molecule has 0 unspecified atom stereocenters. The third-order valence-electron chi connectivity index (χ3n) is 5.65. The first-order valence-corrected chi connectivity index (χ1v) is 11.7. The van der Waals surface area contributed by atoms with Crippen LogP contribution in [0.4, 0.5) is 5.69 Å². The third-order valence-corrected chi connectivity index (χ3v) is 7.64. The van der Waals surface area contributed by atoms with Gasteiger partial charge in [0.2, 0.25) is 5.91 Å². The van der Waals surface area contributed by atoms with E-state index in [9.17, 15) is 13.2 Å². The number of fused-ring (bicyclic) bond motifs is 1. The van der Waals surface area contributed by atoms with Crippen LogP contribution in [0, 0.1) is 0 Å². The van der Waals surface area contributed by atoms with Gasteiger partial charge in [0.25, 0.3) is 0 Å². The minimum absolute atomic E-state index is 0.0328. The number of nitrogens with zero attached hydrogens (tertiary/aromatic N) is 2. The molecular formula is C21H23ClN2O4S. The molecule has 0 radical (unpaired) electrons. The number of carbonyl (C=O) groups is 1. The van der Waals surface area contributed by atoms with Gasteiger partial charge in [0, 0.05) is 18.3 Å². The second-order valence-corrected chi connectivity index (χ2v) is 10.1. The molecule has 154 valence electrons. The van der Waals surface area contributed by atoms with Crippen molar-refractivity contribution in [1.29, 1.82) is 0 Å². The van der Waals surface area contributed by atoms with E-state index in [1.807, 2.05) is 35.2 Å². The maximum Gasteiger partial charge on any atom is 0.241 e. The van der Waals surface area contributed by atoms with Crippen molar-refractivity contribution in [3.63, 3.8) is 0 Å². The van der Waals surface area contributed by atoms with Gasteiger partial charge < -0.3 is 9.64 Å². The molecule has 0 spiro atoms. The standard InChI is InChI=1S/C21H23ClN2O4S/c1-28-20-8-7-16(11-17(20)22)24-19-14-29(26,27)13-18(19)23(12-21(24)25)10-9-15-5-3-2-4-6-15/h2-8,11,18-19H,9-10,12-14H2,1H3/t18-,19-/m1/s1. The summed E-state index contributed by atoms with van der Waals surface area (Å²) in [7, 11) is -1.70. The van der Waals surface area contributed by atoms with E-state index in [0.29, 0.717) is 23.0 Å². The Morgan fingerprint density at radius 3 is 2.52 bits per heavy atom. The number of hydrogen-bond donors (Lipinski definition) is 0. The molecule has 2 atom stereocenters. The zero-order chi connectivity index (χ0) is 20.6. The molecule has 2 heterocycles. The molecule has 6 nitrogen and oxygen atoms in total. The number of amides is 1. The maximum atomic E-state index is 13.1. The highest BCUT2D eigenvalue weighted by molar-refractivity contribution is 7.91. The SMILES string of the molecule is COc1ccc(N2C(=O)CN(CCc3ccccc3)[C@@H]3CS(=O)(=O)C[C@H]32)cc1Cl. The molecule has 2 aromatic carbocycles. The van der Waals surface area contributed by atoms with Crippen molar-refractivity contribution < 1.29 is 17.9 Å². The second-order valence-electron chi connectivity index (χ2n) is 7.50. The van der Waals surface area contributed by atoms with Gasteiger partial charge >= 0.3 is 0 Å². The predicted molar refractivity (Wildman–Crippen MR) is 113 cm³/mol. The molecule has 2 saturated heterocycles. The zero-order valence-corrected chi connectivity index (χ0v) is 17.7. The van der Waals surface area contributed by atoms with Crippen molar-refractivity contribution in [1.82, 2.24) is 4.90 Å². The van der Waals surface area contributed by atoms with Gasteiger partial charge in [-0.3, -0.25) is 9.69 Å². The lowest BCUT2D eigenvalue weighted by molar-refractivity contribution is -0.123. The van der Waals surface area contributed by atoms with E-state index >= 15 is 0 Å². The smallest absolute Gasteiger partial charge is 0.241 e. The van der Waals surface area contributed by atoms with E-state index in [1.54, 1.807) is 23.1 Å². The first-order chi connectivity index (χ1) is 13.9. The molecular weight excluding hydrogens is 412 g/mol. The normalized spacial score (nSPS) is 23.8. The lowest BCUT2D eigenvalue weighted by atomic mass is 10.0. The van der Waals surface area contributed by atoms with Gasteiger partial charge in [0.15, 0.2) is 9.84 Å². The Labute approximate surface area is 175 Å². The Bertz CT molecular complexity index is 1010. The molecule has 8 heteroatoms. The summed E-state index contributed by atoms with van der Waals surface area (Å²) < 4.78 is 30.1. The van der Waals surface area contributed by atoms with Gasteiger partial charge in [-0.05, 0) is 30.2 Å². The third kappa shape index (κ3) is 4.13. The van der Waals surface area contributed by atoms with Crippen LogP contribution in [-0.2, 0) is 21.1 Å². The molecule has 1 amide bonds. The number of sulfone groups is 1. The number of piperazine rings is 1. The Morgan fingerprint density at radius 2 is 1.83 bits per heavy atom. The van der Waals surface area contributed by atoms with E-state index in [2.05, 4.69) is 0 Å². The number of benzene rings is 2. The van der Waals surface area contributed by atoms with Crippen molar-refractivity contribution in [3.8, 4) is 5.75 Å². The maximum absolute atomic E-state index is 13.1. The van der Waals surface area contributed by atoms with Crippen LogP contribution in [0.3, 0.4) is 0 Å². The summed E-state index contributed by atoms with van der Waals surface area (Å²) in [5.41, 5.74) is 1.78. The van der Waals surface area contributed by atoms with Gasteiger partial charge in [-0.2, -0.15) is 0 Å². The fraction of sp³-hybridized carbons (Fsp3) is 0.381. The van der Waals surface area contributed by atoms with E-state index in [4.69, 9.17) is 16.3 Å². The van der Waals surface area contributed by atoms with Crippen LogP contribution in [-0.4, -0.2) is 63.0 Å². The molecule has 0 aromatic heterocycles. The van der Waals surface area contributed by atoms with Gasteiger partial charge in [-0.25, -0.2) is 8.42 Å². The Balaban J connectivity index is 1.60. The Morgan fingerprint density at radius 1 is 1.10 bits per heavy atom. The average Bonchev–Trinajstić information content (AvgIpc) is 3.01. The molecule has 4 rings (SSSR count). The summed E-state index contributed by atoms with van der Waals surface area (Å²) in [6.45, 7) is 0.830. The molecule has 0 aliphatic carbocycles. The largest absolute Gasteiger partial charge is 0.495 e. The second kappa shape index (κ2) is 7.97. The van der Waals surface area contributed by atoms with Crippen molar-refractivity contribution in [3.05, 3.63) is 59.1 Å². The predicted octanol–water partition coefficient (Wildman–Crippen LogP) is 2.41. The molecule has 2 aliphatic rings.